The first-order valence-corrected chi connectivity index (χ1v) is 6.20. The molecule has 0 radical (unpaired) electrons. The molecular weight excluding hydrogens is 212 g/mol. The molecule has 0 bridgehead atoms. The molecule has 1 amide bonds. The molecule has 3 N–H and O–H groups in total. The minimum Gasteiger partial charge on any atom is -0.350 e. The SMILES string of the molecule is Cc1ccccc1C(C)NC(=O)CCCCN. The highest BCUT2D eigenvalue weighted by Gasteiger charge is 2.10. The first-order chi connectivity index (χ1) is 8.15. The van der Waals surface area contributed by atoms with Crippen LogP contribution in [0.1, 0.15) is 43.4 Å². The molecule has 0 saturated carbocycles. The summed E-state index contributed by atoms with van der Waals surface area (Å²) >= 11 is 0. The third kappa shape index (κ3) is 4.57. The van der Waals surface area contributed by atoms with Crippen LogP contribution in [0.5, 0.6) is 0 Å². The molecule has 0 aliphatic carbocycles. The number of carbonyl (C=O) groups is 1. The van der Waals surface area contributed by atoms with Crippen LogP contribution in [0.2, 0.25) is 0 Å². The van der Waals surface area contributed by atoms with E-state index in [9.17, 15) is 4.79 Å². The molecule has 94 valence electrons. The topological polar surface area (TPSA) is 55.1 Å². The summed E-state index contributed by atoms with van der Waals surface area (Å²) in [6, 6.07) is 8.20. The van der Waals surface area contributed by atoms with Crippen LogP contribution < -0.4 is 11.1 Å². The zero-order valence-corrected chi connectivity index (χ0v) is 10.7. The van der Waals surface area contributed by atoms with E-state index in [0.717, 1.165) is 12.8 Å². The number of hydrogen-bond acceptors (Lipinski definition) is 2. The molecule has 0 aliphatic heterocycles. The zero-order chi connectivity index (χ0) is 12.7. The first kappa shape index (κ1) is 13.7. The molecule has 0 aliphatic rings. The van der Waals surface area contributed by atoms with Crippen LogP contribution in [0.4, 0.5) is 0 Å². The van der Waals surface area contributed by atoms with Gasteiger partial charge in [0.1, 0.15) is 0 Å². The summed E-state index contributed by atoms with van der Waals surface area (Å²) in [6.45, 7) is 4.73. The summed E-state index contributed by atoms with van der Waals surface area (Å²) in [6.07, 6.45) is 2.34. The molecule has 1 aromatic rings. The van der Waals surface area contributed by atoms with Gasteiger partial charge in [-0.25, -0.2) is 0 Å². The molecule has 3 nitrogen and oxygen atoms in total. The number of unbranched alkanes of at least 4 members (excludes halogenated alkanes) is 1. The maximum atomic E-state index is 11.7. The second-order valence-corrected chi connectivity index (χ2v) is 4.39. The van der Waals surface area contributed by atoms with Gasteiger partial charge in [0.05, 0.1) is 6.04 Å². The summed E-state index contributed by atoms with van der Waals surface area (Å²) in [7, 11) is 0. The van der Waals surface area contributed by atoms with Crippen molar-refractivity contribution in [2.24, 2.45) is 5.73 Å². The number of benzene rings is 1. The van der Waals surface area contributed by atoms with Crippen molar-refractivity contribution in [1.82, 2.24) is 5.32 Å². The number of nitrogens with two attached hydrogens (primary N) is 1. The fourth-order valence-corrected chi connectivity index (χ4v) is 1.89. The fourth-order valence-electron chi connectivity index (χ4n) is 1.89. The lowest BCUT2D eigenvalue weighted by Crippen LogP contribution is -2.26. The lowest BCUT2D eigenvalue weighted by molar-refractivity contribution is -0.121. The molecule has 0 saturated heterocycles. The van der Waals surface area contributed by atoms with Crippen LogP contribution in [0.15, 0.2) is 24.3 Å². The van der Waals surface area contributed by atoms with Gasteiger partial charge in [0.25, 0.3) is 0 Å². The van der Waals surface area contributed by atoms with E-state index in [1.807, 2.05) is 19.1 Å². The largest absolute Gasteiger partial charge is 0.350 e. The van der Waals surface area contributed by atoms with E-state index >= 15 is 0 Å². The average Bonchev–Trinajstić information content (AvgIpc) is 2.29. The molecule has 1 aromatic carbocycles. The highest BCUT2D eigenvalue weighted by molar-refractivity contribution is 5.76. The molecule has 17 heavy (non-hydrogen) atoms. The van der Waals surface area contributed by atoms with Crippen molar-refractivity contribution in [2.45, 2.75) is 39.2 Å². The standard InChI is InChI=1S/C14H22N2O/c1-11-7-3-4-8-13(11)12(2)16-14(17)9-5-6-10-15/h3-4,7-8,12H,5-6,9-10,15H2,1-2H3,(H,16,17). The van der Waals surface area contributed by atoms with E-state index in [0.29, 0.717) is 13.0 Å². The van der Waals surface area contributed by atoms with Crippen molar-refractivity contribution < 1.29 is 4.79 Å². The zero-order valence-electron chi connectivity index (χ0n) is 10.7. The summed E-state index contributed by atoms with van der Waals surface area (Å²) < 4.78 is 0. The van der Waals surface area contributed by atoms with Gasteiger partial charge in [0.2, 0.25) is 5.91 Å². The predicted molar refractivity (Wildman–Crippen MR) is 70.6 cm³/mol. The number of aryl methyl sites for hydroxylation is 1. The van der Waals surface area contributed by atoms with Crippen molar-refractivity contribution in [1.29, 1.82) is 0 Å². The van der Waals surface area contributed by atoms with Gasteiger partial charge in [0, 0.05) is 6.42 Å². The Kier molecular flexibility index (Phi) is 5.70. The quantitative estimate of drug-likeness (QED) is 0.742. The third-order valence-electron chi connectivity index (χ3n) is 2.89. The number of rotatable bonds is 6. The van der Waals surface area contributed by atoms with Crippen LogP contribution >= 0.6 is 0 Å². The Balaban J connectivity index is 2.46. The molecule has 1 rings (SSSR count). The Bertz CT molecular complexity index is 363. The number of nitrogens with one attached hydrogen (secondary N) is 1. The smallest absolute Gasteiger partial charge is 0.220 e. The Morgan fingerprint density at radius 3 is 2.71 bits per heavy atom. The Morgan fingerprint density at radius 2 is 2.06 bits per heavy atom. The van der Waals surface area contributed by atoms with E-state index in [1.54, 1.807) is 0 Å². The van der Waals surface area contributed by atoms with Gasteiger partial charge in [0.15, 0.2) is 0 Å². The van der Waals surface area contributed by atoms with E-state index in [2.05, 4.69) is 24.4 Å². The maximum absolute atomic E-state index is 11.7. The summed E-state index contributed by atoms with van der Waals surface area (Å²) in [5, 5.41) is 3.02. The van der Waals surface area contributed by atoms with Gasteiger partial charge in [-0.2, -0.15) is 0 Å². The Morgan fingerprint density at radius 1 is 1.35 bits per heavy atom. The van der Waals surface area contributed by atoms with Gasteiger partial charge >= 0.3 is 0 Å². The lowest BCUT2D eigenvalue weighted by atomic mass is 10.0. The third-order valence-corrected chi connectivity index (χ3v) is 2.89. The summed E-state index contributed by atoms with van der Waals surface area (Å²) in [5.74, 6) is 0.106. The van der Waals surface area contributed by atoms with Crippen LogP contribution in [0, 0.1) is 6.92 Å². The van der Waals surface area contributed by atoms with Gasteiger partial charge in [-0.1, -0.05) is 24.3 Å². The minimum absolute atomic E-state index is 0.0709. The number of carbonyl (C=O) groups excluding carboxylic acids is 1. The van der Waals surface area contributed by atoms with Crippen molar-refractivity contribution in [3.8, 4) is 0 Å². The van der Waals surface area contributed by atoms with Gasteiger partial charge in [-0.05, 0) is 44.4 Å². The van der Waals surface area contributed by atoms with E-state index in [1.165, 1.54) is 11.1 Å². The summed E-state index contributed by atoms with van der Waals surface area (Å²) in [5.41, 5.74) is 7.79. The molecule has 1 atom stereocenters. The number of amides is 1. The average molecular weight is 234 g/mol. The van der Waals surface area contributed by atoms with Gasteiger partial charge in [-0.15, -0.1) is 0 Å². The Hall–Kier alpha value is -1.35. The molecule has 3 heteroatoms. The van der Waals surface area contributed by atoms with Crippen LogP contribution in [0.25, 0.3) is 0 Å². The van der Waals surface area contributed by atoms with Crippen LogP contribution in [0.3, 0.4) is 0 Å². The van der Waals surface area contributed by atoms with E-state index < -0.39 is 0 Å². The second-order valence-electron chi connectivity index (χ2n) is 4.39. The highest BCUT2D eigenvalue weighted by atomic mass is 16.1. The van der Waals surface area contributed by atoms with E-state index in [4.69, 9.17) is 5.73 Å². The predicted octanol–water partition coefficient (Wildman–Crippen LogP) is 2.30. The molecular formula is C14H22N2O. The molecule has 1 unspecified atom stereocenters. The molecule has 0 fully saturated rings. The number of hydrogen-bond donors (Lipinski definition) is 2. The van der Waals surface area contributed by atoms with Crippen molar-refractivity contribution in [2.75, 3.05) is 6.54 Å². The lowest BCUT2D eigenvalue weighted by Gasteiger charge is -2.16. The molecule has 0 heterocycles. The van der Waals surface area contributed by atoms with E-state index in [-0.39, 0.29) is 11.9 Å². The normalized spacial score (nSPS) is 12.2. The van der Waals surface area contributed by atoms with Crippen molar-refractivity contribution >= 4 is 5.91 Å². The Labute approximate surface area is 103 Å². The molecule has 0 spiro atoms. The van der Waals surface area contributed by atoms with Gasteiger partial charge < -0.3 is 11.1 Å². The molecule has 0 aromatic heterocycles. The maximum Gasteiger partial charge on any atom is 0.220 e. The first-order valence-electron chi connectivity index (χ1n) is 6.20. The summed E-state index contributed by atoms with van der Waals surface area (Å²) in [4.78, 5) is 11.7. The van der Waals surface area contributed by atoms with Crippen molar-refractivity contribution in [3.05, 3.63) is 35.4 Å². The monoisotopic (exact) mass is 234 g/mol. The fraction of sp³-hybridized carbons (Fsp3) is 0.500. The van der Waals surface area contributed by atoms with Crippen LogP contribution in [-0.4, -0.2) is 12.5 Å². The highest BCUT2D eigenvalue weighted by Crippen LogP contribution is 2.16. The second kappa shape index (κ2) is 7.07. The van der Waals surface area contributed by atoms with Crippen molar-refractivity contribution in [3.63, 3.8) is 0 Å². The van der Waals surface area contributed by atoms with Crippen LogP contribution in [-0.2, 0) is 4.79 Å². The van der Waals surface area contributed by atoms with Gasteiger partial charge in [-0.3, -0.25) is 4.79 Å². The minimum atomic E-state index is 0.0709.